The molecule has 0 saturated heterocycles. The van der Waals surface area contributed by atoms with E-state index in [1.54, 1.807) is 40.8 Å². The lowest BCUT2D eigenvalue weighted by atomic mass is 10.1. The molecule has 0 unspecified atom stereocenters. The van der Waals surface area contributed by atoms with Gasteiger partial charge in [-0.15, -0.1) is 0 Å². The molecule has 0 spiro atoms. The minimum absolute atomic E-state index is 0.0222. The standard InChI is InChI=1S/C24H25N5O3S/c1-28(15-20-25-18-11-6-4-9-16(18)22(31)27-20)21(30)13-3-2-8-14-29-23(32)17-10-5-7-12-19(17)26-24(29)33/h4-7,9-12H,2-3,8,13-15H2,1H3,(H,26,33)(H,25,27,31). The molecule has 1 amide bonds. The van der Waals surface area contributed by atoms with Crippen LogP contribution in [0.4, 0.5) is 0 Å². The number of unbranched alkanes of at least 4 members (excludes halogenated alkanes) is 2. The number of amides is 1. The number of H-pyrrole nitrogens is 2. The first-order chi connectivity index (χ1) is 15.9. The number of hydrogen-bond donors (Lipinski definition) is 2. The quantitative estimate of drug-likeness (QED) is 0.307. The monoisotopic (exact) mass is 463 g/mol. The van der Waals surface area contributed by atoms with Crippen molar-refractivity contribution in [1.29, 1.82) is 0 Å². The first-order valence-electron chi connectivity index (χ1n) is 10.9. The van der Waals surface area contributed by atoms with Gasteiger partial charge in [-0.1, -0.05) is 30.7 Å². The Balaban J connectivity index is 1.28. The number of aromatic nitrogens is 4. The molecule has 2 aromatic heterocycles. The van der Waals surface area contributed by atoms with Crippen LogP contribution in [0.1, 0.15) is 31.5 Å². The Hall–Kier alpha value is -3.59. The number of carbonyl (C=O) groups is 1. The number of hydrogen-bond acceptors (Lipinski definition) is 5. The van der Waals surface area contributed by atoms with E-state index in [2.05, 4.69) is 15.0 Å². The number of carbonyl (C=O) groups excluding carboxylic acids is 1. The minimum Gasteiger partial charge on any atom is -0.338 e. The molecule has 0 atom stereocenters. The fourth-order valence-corrected chi connectivity index (χ4v) is 4.12. The van der Waals surface area contributed by atoms with Crippen molar-refractivity contribution in [3.05, 3.63) is 79.8 Å². The van der Waals surface area contributed by atoms with Crippen LogP contribution < -0.4 is 11.1 Å². The fraction of sp³-hybridized carbons (Fsp3) is 0.292. The summed E-state index contributed by atoms with van der Waals surface area (Å²) in [5.74, 6) is 0.436. The van der Waals surface area contributed by atoms with Gasteiger partial charge in [0.25, 0.3) is 11.1 Å². The van der Waals surface area contributed by atoms with E-state index >= 15 is 0 Å². The molecular weight excluding hydrogens is 438 g/mol. The van der Waals surface area contributed by atoms with Crippen LogP contribution in [0.3, 0.4) is 0 Å². The van der Waals surface area contributed by atoms with Crippen LogP contribution in [0.15, 0.2) is 58.1 Å². The SMILES string of the molecule is CN(Cc1nc2ccccc2c(=O)[nH]1)C(=O)CCCCCn1c(=S)[nH]c2ccccc2c1=O. The first kappa shape index (κ1) is 22.6. The van der Waals surface area contributed by atoms with Gasteiger partial charge >= 0.3 is 0 Å². The van der Waals surface area contributed by atoms with Crippen molar-refractivity contribution >= 4 is 39.9 Å². The third kappa shape index (κ3) is 5.09. The van der Waals surface area contributed by atoms with Crippen LogP contribution in [0, 0.1) is 4.77 Å². The predicted molar refractivity (Wildman–Crippen MR) is 131 cm³/mol. The summed E-state index contributed by atoms with van der Waals surface area (Å²) in [5, 5.41) is 1.14. The number of rotatable bonds is 8. The first-order valence-corrected chi connectivity index (χ1v) is 11.3. The van der Waals surface area contributed by atoms with Crippen molar-refractivity contribution < 1.29 is 4.79 Å². The zero-order chi connectivity index (χ0) is 23.4. The van der Waals surface area contributed by atoms with E-state index in [0.29, 0.717) is 46.3 Å². The molecule has 2 heterocycles. The molecule has 4 rings (SSSR count). The van der Waals surface area contributed by atoms with E-state index in [9.17, 15) is 14.4 Å². The van der Waals surface area contributed by atoms with Gasteiger partial charge in [-0.25, -0.2) is 4.98 Å². The van der Waals surface area contributed by atoms with Crippen molar-refractivity contribution in [1.82, 2.24) is 24.4 Å². The maximum Gasteiger partial charge on any atom is 0.262 e. The topological polar surface area (TPSA) is 104 Å². The Kier molecular flexibility index (Phi) is 6.79. The van der Waals surface area contributed by atoms with Gasteiger partial charge in [0.05, 0.1) is 28.4 Å². The van der Waals surface area contributed by atoms with Gasteiger partial charge in [0.1, 0.15) is 5.82 Å². The summed E-state index contributed by atoms with van der Waals surface area (Å²) in [6, 6.07) is 14.4. The molecule has 4 aromatic rings. The number of fused-ring (bicyclic) bond motifs is 2. The average Bonchev–Trinajstić information content (AvgIpc) is 2.80. The van der Waals surface area contributed by atoms with Crippen LogP contribution in [0.25, 0.3) is 21.8 Å². The molecule has 0 fully saturated rings. The highest BCUT2D eigenvalue weighted by Crippen LogP contribution is 2.10. The van der Waals surface area contributed by atoms with Gasteiger partial charge in [-0.3, -0.25) is 19.0 Å². The van der Waals surface area contributed by atoms with Gasteiger partial charge in [0, 0.05) is 20.0 Å². The van der Waals surface area contributed by atoms with Gasteiger partial charge in [-0.2, -0.15) is 0 Å². The minimum atomic E-state index is -0.210. The molecule has 0 aliphatic rings. The molecule has 33 heavy (non-hydrogen) atoms. The maximum atomic E-state index is 12.7. The number of aromatic amines is 2. The second-order valence-corrected chi connectivity index (χ2v) is 8.41. The molecule has 8 nitrogen and oxygen atoms in total. The van der Waals surface area contributed by atoms with Crippen LogP contribution >= 0.6 is 12.2 Å². The zero-order valence-electron chi connectivity index (χ0n) is 18.3. The maximum absolute atomic E-state index is 12.7. The summed E-state index contributed by atoms with van der Waals surface area (Å²) >= 11 is 5.34. The second kappa shape index (κ2) is 9.91. The number of nitrogens with zero attached hydrogens (tertiary/aromatic N) is 3. The highest BCUT2D eigenvalue weighted by Gasteiger charge is 2.12. The van der Waals surface area contributed by atoms with Gasteiger partial charge in [0.15, 0.2) is 4.77 Å². The van der Waals surface area contributed by atoms with Gasteiger partial charge in [-0.05, 0) is 49.3 Å². The molecule has 0 aliphatic carbocycles. The largest absolute Gasteiger partial charge is 0.338 e. The number of para-hydroxylation sites is 2. The van der Waals surface area contributed by atoms with Crippen LogP contribution in [-0.4, -0.2) is 37.4 Å². The molecule has 2 N–H and O–H groups in total. The van der Waals surface area contributed by atoms with Crippen LogP contribution in [0.5, 0.6) is 0 Å². The van der Waals surface area contributed by atoms with Crippen molar-refractivity contribution in [3.63, 3.8) is 0 Å². The van der Waals surface area contributed by atoms with E-state index in [1.165, 1.54) is 0 Å². The Bertz CT molecular complexity index is 1490. The normalized spacial score (nSPS) is 11.2. The smallest absolute Gasteiger partial charge is 0.262 e. The Labute approximate surface area is 194 Å². The summed E-state index contributed by atoms with van der Waals surface area (Å²) in [6.07, 6.45) is 2.61. The molecule has 0 aliphatic heterocycles. The van der Waals surface area contributed by atoms with Crippen molar-refractivity contribution in [3.8, 4) is 0 Å². The third-order valence-corrected chi connectivity index (χ3v) is 5.96. The van der Waals surface area contributed by atoms with Crippen molar-refractivity contribution in [2.75, 3.05) is 7.05 Å². The third-order valence-electron chi connectivity index (χ3n) is 5.64. The van der Waals surface area contributed by atoms with Crippen molar-refractivity contribution in [2.45, 2.75) is 38.8 Å². The van der Waals surface area contributed by atoms with Gasteiger partial charge < -0.3 is 14.9 Å². The molecule has 2 aromatic carbocycles. The highest BCUT2D eigenvalue weighted by molar-refractivity contribution is 7.71. The Morgan fingerprint density at radius 2 is 1.73 bits per heavy atom. The molecule has 0 radical (unpaired) electrons. The summed E-state index contributed by atoms with van der Waals surface area (Å²) in [6.45, 7) is 0.742. The summed E-state index contributed by atoms with van der Waals surface area (Å²) in [7, 11) is 1.70. The lowest BCUT2D eigenvalue weighted by molar-refractivity contribution is -0.130. The molecule has 170 valence electrons. The lowest BCUT2D eigenvalue weighted by Gasteiger charge is -2.16. The lowest BCUT2D eigenvalue weighted by Crippen LogP contribution is -2.28. The average molecular weight is 464 g/mol. The van der Waals surface area contributed by atoms with E-state index in [1.807, 2.05) is 24.3 Å². The van der Waals surface area contributed by atoms with E-state index < -0.39 is 0 Å². The number of benzene rings is 2. The van der Waals surface area contributed by atoms with Crippen LogP contribution in [0.2, 0.25) is 0 Å². The van der Waals surface area contributed by atoms with Crippen molar-refractivity contribution in [2.24, 2.45) is 0 Å². The molecule has 0 bridgehead atoms. The molecular formula is C24H25N5O3S. The van der Waals surface area contributed by atoms with Gasteiger partial charge in [0.2, 0.25) is 5.91 Å². The van der Waals surface area contributed by atoms with Crippen LogP contribution in [-0.2, 0) is 17.9 Å². The summed E-state index contributed by atoms with van der Waals surface area (Å²) in [5.41, 5.74) is 1.04. The summed E-state index contributed by atoms with van der Waals surface area (Å²) < 4.78 is 1.99. The Morgan fingerprint density at radius 3 is 2.55 bits per heavy atom. The fourth-order valence-electron chi connectivity index (χ4n) is 3.84. The van der Waals surface area contributed by atoms with E-state index in [0.717, 1.165) is 18.4 Å². The number of nitrogens with one attached hydrogen (secondary N) is 2. The Morgan fingerprint density at radius 1 is 1.00 bits per heavy atom. The second-order valence-electron chi connectivity index (χ2n) is 8.02. The predicted octanol–water partition coefficient (Wildman–Crippen LogP) is 3.51. The molecule has 0 saturated carbocycles. The van der Waals surface area contributed by atoms with E-state index in [4.69, 9.17) is 12.2 Å². The highest BCUT2D eigenvalue weighted by atomic mass is 32.1. The molecule has 9 heteroatoms. The zero-order valence-corrected chi connectivity index (χ0v) is 19.2. The van der Waals surface area contributed by atoms with E-state index in [-0.39, 0.29) is 23.6 Å². The summed E-state index contributed by atoms with van der Waals surface area (Å²) in [4.78, 5) is 49.2.